The molecule has 0 spiro atoms. The van der Waals surface area contributed by atoms with Crippen molar-refractivity contribution in [2.45, 2.75) is 6.10 Å². The van der Waals surface area contributed by atoms with E-state index in [0.29, 0.717) is 5.56 Å². The molecule has 0 radical (unpaired) electrons. The van der Waals surface area contributed by atoms with E-state index in [1.54, 1.807) is 0 Å². The Morgan fingerprint density at radius 2 is 1.04 bits per heavy atom. The Morgan fingerprint density at radius 3 is 1.26 bits per heavy atom. The first-order valence-electron chi connectivity index (χ1n) is 5.64. The van der Waals surface area contributed by atoms with Gasteiger partial charge in [0.15, 0.2) is 11.5 Å². The molecule has 1 aromatic carbocycles. The zero-order chi connectivity index (χ0) is 22.6. The van der Waals surface area contributed by atoms with E-state index in [1.807, 2.05) is 0 Å². The number of aliphatic hydroxyl groups is 1. The first-order chi connectivity index (χ1) is 11.6. The lowest BCUT2D eigenvalue weighted by atomic mass is 10.1. The Balaban J connectivity index is -0.000000323. The number of rotatable bonds is 2. The van der Waals surface area contributed by atoms with Crippen LogP contribution in [-0.4, -0.2) is 74.4 Å². The average Bonchev–Trinajstić information content (AvgIpc) is 2.35. The molecular formula is C8H17NO15S3. The van der Waals surface area contributed by atoms with E-state index in [-0.39, 0.29) is 18.0 Å². The maximum Gasteiger partial charge on any atom is 0.394 e. The number of aromatic hydroxyl groups is 2. The zero-order valence-corrected chi connectivity index (χ0v) is 15.2. The third kappa shape index (κ3) is 40.4. The lowest BCUT2D eigenvalue weighted by Gasteiger charge is -2.08. The lowest BCUT2D eigenvalue weighted by Crippen LogP contribution is -2.11. The highest BCUT2D eigenvalue weighted by atomic mass is 32.3. The fraction of sp³-hybridized carbons (Fsp3) is 0.250. The minimum absolute atomic E-state index is 0.0875. The van der Waals surface area contributed by atoms with Crippen LogP contribution in [0.2, 0.25) is 0 Å². The molecule has 0 bridgehead atoms. The molecule has 1 rings (SSSR count). The van der Waals surface area contributed by atoms with Gasteiger partial charge in [0.1, 0.15) is 0 Å². The number of benzene rings is 1. The van der Waals surface area contributed by atoms with E-state index in [9.17, 15) is 5.11 Å². The van der Waals surface area contributed by atoms with Crippen molar-refractivity contribution in [3.8, 4) is 11.5 Å². The van der Waals surface area contributed by atoms with E-state index in [1.165, 1.54) is 18.2 Å². The maximum atomic E-state index is 9.23. The van der Waals surface area contributed by atoms with Crippen LogP contribution in [0.15, 0.2) is 18.2 Å². The van der Waals surface area contributed by atoms with Gasteiger partial charge in [0.2, 0.25) is 0 Å². The van der Waals surface area contributed by atoms with Gasteiger partial charge in [-0.15, -0.1) is 0 Å². The molecule has 0 saturated heterocycles. The van der Waals surface area contributed by atoms with E-state index in [2.05, 4.69) is 0 Å². The molecule has 1 atom stereocenters. The maximum absolute atomic E-state index is 9.23. The molecule has 162 valence electrons. The molecule has 0 aliphatic heterocycles. The summed E-state index contributed by atoms with van der Waals surface area (Å²) in [5.74, 6) is -0.456. The van der Waals surface area contributed by atoms with E-state index in [4.69, 9.17) is 68.5 Å². The zero-order valence-electron chi connectivity index (χ0n) is 12.8. The smallest absolute Gasteiger partial charge is 0.394 e. The third-order valence-corrected chi connectivity index (χ3v) is 1.61. The molecule has 11 N–H and O–H groups in total. The van der Waals surface area contributed by atoms with Crippen LogP contribution in [0.1, 0.15) is 11.7 Å². The second-order valence-electron chi connectivity index (χ2n) is 3.84. The van der Waals surface area contributed by atoms with Gasteiger partial charge in [0, 0.05) is 6.54 Å². The predicted octanol–water partition coefficient (Wildman–Crippen LogP) is -1.87. The second-order valence-corrected chi connectivity index (χ2v) is 6.53. The van der Waals surface area contributed by atoms with Crippen molar-refractivity contribution in [2.24, 2.45) is 5.73 Å². The number of hydrogen-bond donors (Lipinski definition) is 10. The number of phenols is 2. The minimum Gasteiger partial charge on any atom is -0.504 e. The number of phenolic OH excluding ortho intramolecular Hbond substituents is 2. The Hall–Kier alpha value is -1.65. The fourth-order valence-electron chi connectivity index (χ4n) is 0.884. The van der Waals surface area contributed by atoms with Crippen LogP contribution in [0, 0.1) is 0 Å². The van der Waals surface area contributed by atoms with Crippen molar-refractivity contribution in [2.75, 3.05) is 6.54 Å². The largest absolute Gasteiger partial charge is 0.504 e. The molecule has 0 fully saturated rings. The van der Waals surface area contributed by atoms with Crippen LogP contribution < -0.4 is 5.73 Å². The standard InChI is InChI=1S/C8H11NO3.3H2O4S/c9-4-8(12)5-1-2-6(10)7(11)3-5;3*1-5(2,3)4/h1-3,8,10-12H,4,9H2;3*(H2,1,2,3,4). The first kappa shape index (κ1) is 30.1. The topological polar surface area (TPSA) is 311 Å². The third-order valence-electron chi connectivity index (χ3n) is 1.61. The molecule has 0 aliphatic rings. The van der Waals surface area contributed by atoms with Crippen molar-refractivity contribution >= 4 is 31.2 Å². The van der Waals surface area contributed by atoms with Crippen LogP contribution in [0.25, 0.3) is 0 Å². The summed E-state index contributed by atoms with van der Waals surface area (Å²) >= 11 is 0. The molecule has 0 saturated carbocycles. The molecule has 0 amide bonds. The minimum atomic E-state index is -4.67. The Morgan fingerprint density at radius 1 is 0.741 bits per heavy atom. The van der Waals surface area contributed by atoms with Gasteiger partial charge < -0.3 is 21.1 Å². The fourth-order valence-corrected chi connectivity index (χ4v) is 0.884. The van der Waals surface area contributed by atoms with Gasteiger partial charge in [-0.1, -0.05) is 6.07 Å². The van der Waals surface area contributed by atoms with Crippen LogP contribution in [0.4, 0.5) is 0 Å². The number of hydrogen-bond acceptors (Lipinski definition) is 10. The molecule has 0 aromatic heterocycles. The second kappa shape index (κ2) is 12.7. The summed E-state index contributed by atoms with van der Waals surface area (Å²) in [6.45, 7) is 0.0875. The van der Waals surface area contributed by atoms with Gasteiger partial charge in [0.25, 0.3) is 0 Å². The summed E-state index contributed by atoms with van der Waals surface area (Å²) in [7, 11) is -14.0. The summed E-state index contributed by atoms with van der Waals surface area (Å²) in [6.07, 6.45) is -0.795. The molecule has 16 nitrogen and oxygen atoms in total. The highest BCUT2D eigenvalue weighted by molar-refractivity contribution is 7.80. The van der Waals surface area contributed by atoms with Crippen LogP contribution in [0.3, 0.4) is 0 Å². The van der Waals surface area contributed by atoms with E-state index in [0.717, 1.165) is 0 Å². The quantitative estimate of drug-likeness (QED) is 0.169. The Kier molecular flexibility index (Phi) is 14.1. The molecule has 1 aromatic rings. The van der Waals surface area contributed by atoms with Gasteiger partial charge >= 0.3 is 31.2 Å². The Labute approximate surface area is 153 Å². The monoisotopic (exact) mass is 463 g/mol. The van der Waals surface area contributed by atoms with E-state index >= 15 is 0 Å². The van der Waals surface area contributed by atoms with Gasteiger partial charge in [-0.05, 0) is 17.7 Å². The number of aliphatic hydroxyl groups excluding tert-OH is 1. The van der Waals surface area contributed by atoms with Gasteiger partial charge in [-0.25, -0.2) is 0 Å². The van der Waals surface area contributed by atoms with Crippen molar-refractivity contribution < 1.29 is 67.9 Å². The highest BCUT2D eigenvalue weighted by Gasteiger charge is 2.07. The van der Waals surface area contributed by atoms with Gasteiger partial charge in [-0.2, -0.15) is 25.3 Å². The van der Waals surface area contributed by atoms with Crippen molar-refractivity contribution in [1.82, 2.24) is 0 Å². The molecule has 0 heterocycles. The molecular weight excluding hydrogens is 446 g/mol. The van der Waals surface area contributed by atoms with Crippen LogP contribution >= 0.6 is 0 Å². The van der Waals surface area contributed by atoms with Gasteiger partial charge in [-0.3, -0.25) is 27.3 Å². The molecule has 27 heavy (non-hydrogen) atoms. The van der Waals surface area contributed by atoms with E-state index < -0.39 is 37.3 Å². The van der Waals surface area contributed by atoms with Crippen LogP contribution in [-0.2, 0) is 31.2 Å². The highest BCUT2D eigenvalue weighted by Crippen LogP contribution is 2.27. The van der Waals surface area contributed by atoms with Crippen molar-refractivity contribution in [3.05, 3.63) is 23.8 Å². The normalized spacial score (nSPS) is 12.1. The summed E-state index contributed by atoms with van der Waals surface area (Å²) in [6, 6.07) is 4.10. The van der Waals surface area contributed by atoms with Gasteiger partial charge in [0.05, 0.1) is 6.10 Å². The predicted molar refractivity (Wildman–Crippen MR) is 86.3 cm³/mol. The lowest BCUT2D eigenvalue weighted by molar-refractivity contribution is 0.186. The summed E-state index contributed by atoms with van der Waals surface area (Å²) in [5, 5.41) is 27.2. The summed E-state index contributed by atoms with van der Waals surface area (Å²) in [5.41, 5.74) is 5.69. The Bertz CT molecular complexity index is 765. The molecule has 19 heteroatoms. The first-order valence-corrected chi connectivity index (χ1v) is 9.83. The van der Waals surface area contributed by atoms with Crippen molar-refractivity contribution in [1.29, 1.82) is 0 Å². The SMILES string of the molecule is NCC(O)c1ccc(O)c(O)c1.O=S(=O)(O)O.O=S(=O)(O)O.O=S(=O)(O)O. The summed E-state index contributed by atoms with van der Waals surface area (Å²) < 4.78 is 94.8. The number of nitrogens with two attached hydrogens (primary N) is 1. The van der Waals surface area contributed by atoms with Crippen LogP contribution in [0.5, 0.6) is 11.5 Å². The summed E-state index contributed by atoms with van der Waals surface area (Å²) in [4.78, 5) is 0. The van der Waals surface area contributed by atoms with Crippen molar-refractivity contribution in [3.63, 3.8) is 0 Å². The molecule has 0 aliphatic carbocycles. The molecule has 1 unspecified atom stereocenters. The average molecular weight is 463 g/mol.